The van der Waals surface area contributed by atoms with Crippen LogP contribution in [0.25, 0.3) is 0 Å². The van der Waals surface area contributed by atoms with Gasteiger partial charge in [-0.1, -0.05) is 37.6 Å². The highest BCUT2D eigenvalue weighted by Gasteiger charge is 2.08. The molecule has 1 aromatic carbocycles. The summed E-state index contributed by atoms with van der Waals surface area (Å²) in [5.41, 5.74) is 1.74. The average molecular weight is 225 g/mol. The summed E-state index contributed by atoms with van der Waals surface area (Å²) in [4.78, 5) is 11.8. The molecule has 82 valence electrons. The predicted molar refractivity (Wildman–Crippen MR) is 64.6 cm³/mol. The molecule has 0 N–H and O–H groups in total. The van der Waals surface area contributed by atoms with E-state index in [0.717, 1.165) is 17.5 Å². The van der Waals surface area contributed by atoms with Gasteiger partial charge in [0.15, 0.2) is 5.78 Å². The first-order chi connectivity index (χ1) is 7.00. The third-order valence-electron chi connectivity index (χ3n) is 2.44. The van der Waals surface area contributed by atoms with Crippen molar-refractivity contribution in [2.24, 2.45) is 5.92 Å². The van der Waals surface area contributed by atoms with E-state index in [2.05, 4.69) is 13.8 Å². The van der Waals surface area contributed by atoms with Crippen molar-refractivity contribution in [1.29, 1.82) is 0 Å². The minimum atomic E-state index is 0.186. The molecule has 0 fully saturated rings. The fraction of sp³-hybridized carbons (Fsp3) is 0.462. The third kappa shape index (κ3) is 3.67. The fourth-order valence-corrected chi connectivity index (χ4v) is 1.51. The van der Waals surface area contributed by atoms with Gasteiger partial charge in [0, 0.05) is 17.0 Å². The Balaban J connectivity index is 2.70. The number of hydrogen-bond acceptors (Lipinski definition) is 1. The van der Waals surface area contributed by atoms with Crippen LogP contribution in [0.1, 0.15) is 42.6 Å². The van der Waals surface area contributed by atoms with Gasteiger partial charge in [-0.2, -0.15) is 0 Å². The van der Waals surface area contributed by atoms with Crippen molar-refractivity contribution in [3.8, 4) is 0 Å². The van der Waals surface area contributed by atoms with Crippen molar-refractivity contribution >= 4 is 17.4 Å². The summed E-state index contributed by atoms with van der Waals surface area (Å²) in [5.74, 6) is 0.750. The zero-order valence-electron chi connectivity index (χ0n) is 9.51. The van der Waals surface area contributed by atoms with E-state index in [-0.39, 0.29) is 5.78 Å². The Labute approximate surface area is 96.5 Å². The third-order valence-corrected chi connectivity index (χ3v) is 2.85. The minimum Gasteiger partial charge on any atom is -0.294 e. The largest absolute Gasteiger partial charge is 0.294 e. The van der Waals surface area contributed by atoms with Gasteiger partial charge in [0.25, 0.3) is 0 Å². The van der Waals surface area contributed by atoms with Crippen LogP contribution in [0.15, 0.2) is 18.2 Å². The number of carbonyl (C=O) groups is 1. The SMILES string of the molecule is Cc1ccc(C(=O)CCC(C)C)cc1Cl. The number of halogens is 1. The van der Waals surface area contributed by atoms with Gasteiger partial charge in [0.05, 0.1) is 0 Å². The molecule has 1 aromatic rings. The van der Waals surface area contributed by atoms with E-state index in [9.17, 15) is 4.79 Å². The highest BCUT2D eigenvalue weighted by molar-refractivity contribution is 6.31. The second kappa shape index (κ2) is 5.32. The molecule has 0 heterocycles. The Morgan fingerprint density at radius 1 is 1.40 bits per heavy atom. The van der Waals surface area contributed by atoms with E-state index in [1.54, 1.807) is 6.07 Å². The van der Waals surface area contributed by atoms with Crippen molar-refractivity contribution in [2.75, 3.05) is 0 Å². The summed E-state index contributed by atoms with van der Waals surface area (Å²) in [6, 6.07) is 5.51. The maximum Gasteiger partial charge on any atom is 0.162 e. The maximum absolute atomic E-state index is 11.8. The molecule has 0 aromatic heterocycles. The van der Waals surface area contributed by atoms with Crippen LogP contribution in [-0.4, -0.2) is 5.78 Å². The van der Waals surface area contributed by atoms with E-state index in [0.29, 0.717) is 17.4 Å². The van der Waals surface area contributed by atoms with E-state index in [4.69, 9.17) is 11.6 Å². The van der Waals surface area contributed by atoms with Crippen LogP contribution in [0, 0.1) is 12.8 Å². The molecule has 0 radical (unpaired) electrons. The normalized spacial score (nSPS) is 10.7. The fourth-order valence-electron chi connectivity index (χ4n) is 1.33. The molecule has 0 saturated heterocycles. The molecular formula is C13H17ClO. The number of ketones is 1. The molecule has 0 aliphatic carbocycles. The van der Waals surface area contributed by atoms with Crippen molar-refractivity contribution in [3.63, 3.8) is 0 Å². The Kier molecular flexibility index (Phi) is 4.34. The smallest absolute Gasteiger partial charge is 0.162 e. The number of carbonyl (C=O) groups excluding carboxylic acids is 1. The number of benzene rings is 1. The van der Waals surface area contributed by atoms with Crippen molar-refractivity contribution in [2.45, 2.75) is 33.6 Å². The first-order valence-electron chi connectivity index (χ1n) is 5.30. The number of rotatable bonds is 4. The van der Waals surface area contributed by atoms with Crippen LogP contribution in [0.2, 0.25) is 5.02 Å². The Bertz CT molecular complexity index is 356. The second-order valence-corrected chi connectivity index (χ2v) is 4.73. The van der Waals surface area contributed by atoms with E-state index in [1.165, 1.54) is 0 Å². The summed E-state index contributed by atoms with van der Waals surface area (Å²) in [6.45, 7) is 6.18. The highest BCUT2D eigenvalue weighted by Crippen LogP contribution is 2.18. The molecule has 2 heteroatoms. The lowest BCUT2D eigenvalue weighted by molar-refractivity contribution is 0.0975. The van der Waals surface area contributed by atoms with Gasteiger partial charge in [0.1, 0.15) is 0 Å². The second-order valence-electron chi connectivity index (χ2n) is 4.32. The molecular weight excluding hydrogens is 208 g/mol. The zero-order valence-corrected chi connectivity index (χ0v) is 10.3. The van der Waals surface area contributed by atoms with Crippen LogP contribution >= 0.6 is 11.6 Å². The molecule has 0 bridgehead atoms. The van der Waals surface area contributed by atoms with E-state index >= 15 is 0 Å². The van der Waals surface area contributed by atoms with Crippen LogP contribution < -0.4 is 0 Å². The van der Waals surface area contributed by atoms with Crippen molar-refractivity contribution < 1.29 is 4.79 Å². The van der Waals surface area contributed by atoms with Gasteiger partial charge in [-0.3, -0.25) is 4.79 Å². The van der Waals surface area contributed by atoms with Crippen LogP contribution in [0.3, 0.4) is 0 Å². The highest BCUT2D eigenvalue weighted by atomic mass is 35.5. The summed E-state index contributed by atoms with van der Waals surface area (Å²) in [7, 11) is 0. The van der Waals surface area contributed by atoms with E-state index in [1.807, 2.05) is 19.1 Å². The Morgan fingerprint density at radius 3 is 2.60 bits per heavy atom. The summed E-state index contributed by atoms with van der Waals surface area (Å²) < 4.78 is 0. The van der Waals surface area contributed by atoms with Crippen LogP contribution in [-0.2, 0) is 0 Å². The molecule has 0 saturated carbocycles. The molecule has 0 unspecified atom stereocenters. The molecule has 15 heavy (non-hydrogen) atoms. The number of hydrogen-bond donors (Lipinski definition) is 0. The Morgan fingerprint density at radius 2 is 2.07 bits per heavy atom. The standard InChI is InChI=1S/C13H17ClO/c1-9(2)4-7-13(15)11-6-5-10(3)12(14)8-11/h5-6,8-9H,4,7H2,1-3H3. The maximum atomic E-state index is 11.8. The molecule has 1 rings (SSSR count). The molecule has 1 nitrogen and oxygen atoms in total. The topological polar surface area (TPSA) is 17.1 Å². The van der Waals surface area contributed by atoms with Gasteiger partial charge in [0.2, 0.25) is 0 Å². The summed E-state index contributed by atoms with van der Waals surface area (Å²) in [6.07, 6.45) is 1.54. The van der Waals surface area contributed by atoms with Gasteiger partial charge in [-0.05, 0) is 30.9 Å². The number of Topliss-reactive ketones (excluding diaryl/α,β-unsaturated/α-hetero) is 1. The molecule has 0 aliphatic heterocycles. The lowest BCUT2D eigenvalue weighted by atomic mass is 10.0. The first-order valence-corrected chi connectivity index (χ1v) is 5.68. The zero-order chi connectivity index (χ0) is 11.4. The minimum absolute atomic E-state index is 0.186. The first kappa shape index (κ1) is 12.3. The van der Waals surface area contributed by atoms with Gasteiger partial charge < -0.3 is 0 Å². The molecule has 0 aliphatic rings. The average Bonchev–Trinajstić information content (AvgIpc) is 2.18. The lowest BCUT2D eigenvalue weighted by Gasteiger charge is -2.05. The summed E-state index contributed by atoms with van der Waals surface area (Å²) in [5, 5.41) is 0.672. The molecule has 0 amide bonds. The number of aryl methyl sites for hydroxylation is 1. The van der Waals surface area contributed by atoms with Crippen molar-refractivity contribution in [1.82, 2.24) is 0 Å². The van der Waals surface area contributed by atoms with Gasteiger partial charge >= 0.3 is 0 Å². The monoisotopic (exact) mass is 224 g/mol. The lowest BCUT2D eigenvalue weighted by Crippen LogP contribution is -2.01. The van der Waals surface area contributed by atoms with Crippen LogP contribution in [0.5, 0.6) is 0 Å². The Hall–Kier alpha value is -0.820. The quantitative estimate of drug-likeness (QED) is 0.699. The molecule has 0 spiro atoms. The van der Waals surface area contributed by atoms with Gasteiger partial charge in [-0.25, -0.2) is 0 Å². The van der Waals surface area contributed by atoms with Crippen LogP contribution in [0.4, 0.5) is 0 Å². The van der Waals surface area contributed by atoms with Crippen molar-refractivity contribution in [3.05, 3.63) is 34.3 Å². The van der Waals surface area contributed by atoms with E-state index < -0.39 is 0 Å². The molecule has 0 atom stereocenters. The van der Waals surface area contributed by atoms with Gasteiger partial charge in [-0.15, -0.1) is 0 Å². The predicted octanol–water partition coefficient (Wildman–Crippen LogP) is 4.27. The summed E-state index contributed by atoms with van der Waals surface area (Å²) >= 11 is 5.97.